The number of nitrogens with one attached hydrogen (secondary N) is 1. The predicted octanol–water partition coefficient (Wildman–Crippen LogP) is 3.07. The van der Waals surface area contributed by atoms with E-state index in [1.165, 1.54) is 17.1 Å². The summed E-state index contributed by atoms with van der Waals surface area (Å²) in [4.78, 5) is 25.3. The molecule has 172 valence electrons. The van der Waals surface area contributed by atoms with E-state index in [1.54, 1.807) is 13.0 Å². The number of ether oxygens (including phenoxy) is 1. The Morgan fingerprint density at radius 1 is 1.21 bits per heavy atom. The lowest BCUT2D eigenvalue weighted by Crippen LogP contribution is -2.29. The first kappa shape index (κ1) is 22.7. The van der Waals surface area contributed by atoms with Crippen LogP contribution in [0.25, 0.3) is 5.82 Å². The first-order valence-corrected chi connectivity index (χ1v) is 9.98. The van der Waals surface area contributed by atoms with Gasteiger partial charge in [0.1, 0.15) is 23.8 Å². The summed E-state index contributed by atoms with van der Waals surface area (Å²) < 4.78 is 43.1. The van der Waals surface area contributed by atoms with E-state index in [-0.39, 0.29) is 28.6 Å². The van der Waals surface area contributed by atoms with Crippen molar-refractivity contribution in [2.45, 2.75) is 38.1 Å². The molecule has 13 heteroatoms. The number of nitrogens with zero attached hydrogens (tertiary/aromatic N) is 7. The van der Waals surface area contributed by atoms with Crippen LogP contribution in [0, 0.1) is 22.7 Å². The summed E-state index contributed by atoms with van der Waals surface area (Å²) >= 11 is 0. The molecular weight excluding hydrogens is 453 g/mol. The second-order valence-corrected chi connectivity index (χ2v) is 7.49. The fourth-order valence-electron chi connectivity index (χ4n) is 3.16. The standard InChI is InChI=1S/C21H15F3N8O2/c1-11(29-20(33)14-4-12(8-25)5-16(6-14)34-21(22,23)24)19-30-18(13-2-3-13)31-32(19)17-7-15(9-26)27-10-28-17/h4-7,10-11,13H,2-3H2,1H3,(H,29,33)/t11-/m0/s1. The van der Waals surface area contributed by atoms with Crippen LogP contribution < -0.4 is 10.1 Å². The molecule has 2 aromatic heterocycles. The maximum absolute atomic E-state index is 12.8. The zero-order chi connectivity index (χ0) is 24.5. The number of benzene rings is 1. The summed E-state index contributed by atoms with van der Waals surface area (Å²) in [5.74, 6) is -0.126. The lowest BCUT2D eigenvalue weighted by Gasteiger charge is -2.15. The molecule has 2 heterocycles. The largest absolute Gasteiger partial charge is 0.573 e. The summed E-state index contributed by atoms with van der Waals surface area (Å²) in [6.45, 7) is 1.61. The van der Waals surface area contributed by atoms with Gasteiger partial charge < -0.3 is 10.1 Å². The van der Waals surface area contributed by atoms with Gasteiger partial charge in [0, 0.05) is 17.5 Å². The second-order valence-electron chi connectivity index (χ2n) is 7.49. The molecular formula is C21H15F3N8O2. The Kier molecular flexibility index (Phi) is 5.86. The summed E-state index contributed by atoms with van der Waals surface area (Å²) in [6.07, 6.45) is -1.94. The van der Waals surface area contributed by atoms with Gasteiger partial charge in [0.15, 0.2) is 17.5 Å². The molecule has 34 heavy (non-hydrogen) atoms. The summed E-state index contributed by atoms with van der Waals surface area (Å²) in [5.41, 5.74) is -0.266. The van der Waals surface area contributed by atoms with Gasteiger partial charge in [-0.15, -0.1) is 18.3 Å². The van der Waals surface area contributed by atoms with E-state index in [2.05, 4.69) is 30.1 Å². The first-order valence-electron chi connectivity index (χ1n) is 9.98. The van der Waals surface area contributed by atoms with Crippen LogP contribution in [0.3, 0.4) is 0 Å². The Balaban J connectivity index is 1.64. The third-order valence-corrected chi connectivity index (χ3v) is 4.84. The van der Waals surface area contributed by atoms with Crippen molar-refractivity contribution in [2.75, 3.05) is 0 Å². The highest BCUT2D eigenvalue weighted by Gasteiger charge is 2.32. The van der Waals surface area contributed by atoms with Gasteiger partial charge in [-0.1, -0.05) is 0 Å². The fraction of sp³-hybridized carbons (Fsp3) is 0.286. The molecule has 0 radical (unpaired) electrons. The molecule has 0 bridgehead atoms. The molecule has 1 N–H and O–H groups in total. The molecule has 1 aliphatic carbocycles. The smallest absolute Gasteiger partial charge is 0.406 e. The van der Waals surface area contributed by atoms with E-state index in [0.717, 1.165) is 31.0 Å². The minimum Gasteiger partial charge on any atom is -0.406 e. The van der Waals surface area contributed by atoms with Crippen molar-refractivity contribution in [3.05, 3.63) is 59.1 Å². The molecule has 10 nitrogen and oxygen atoms in total. The van der Waals surface area contributed by atoms with Crippen molar-refractivity contribution in [1.29, 1.82) is 10.5 Å². The number of aromatic nitrogens is 5. The zero-order valence-electron chi connectivity index (χ0n) is 17.5. The van der Waals surface area contributed by atoms with E-state index in [1.807, 2.05) is 6.07 Å². The van der Waals surface area contributed by atoms with Crippen molar-refractivity contribution >= 4 is 5.91 Å². The molecule has 1 amide bonds. The number of alkyl halides is 3. The number of carbonyl (C=O) groups excluding carboxylic acids is 1. The van der Waals surface area contributed by atoms with E-state index >= 15 is 0 Å². The predicted molar refractivity (Wildman–Crippen MR) is 107 cm³/mol. The minimum absolute atomic E-state index is 0.113. The number of nitriles is 2. The van der Waals surface area contributed by atoms with Crippen LogP contribution in [-0.4, -0.2) is 37.0 Å². The Morgan fingerprint density at radius 2 is 1.97 bits per heavy atom. The van der Waals surface area contributed by atoms with Crippen molar-refractivity contribution in [2.24, 2.45) is 0 Å². The van der Waals surface area contributed by atoms with E-state index in [4.69, 9.17) is 10.5 Å². The summed E-state index contributed by atoms with van der Waals surface area (Å²) in [5, 5.41) is 25.4. The van der Waals surface area contributed by atoms with E-state index in [9.17, 15) is 18.0 Å². The fourth-order valence-corrected chi connectivity index (χ4v) is 3.16. The van der Waals surface area contributed by atoms with Crippen LogP contribution in [0.5, 0.6) is 5.75 Å². The van der Waals surface area contributed by atoms with Crippen molar-refractivity contribution < 1.29 is 22.7 Å². The Hall–Kier alpha value is -4.52. The van der Waals surface area contributed by atoms with Crippen LogP contribution in [0.4, 0.5) is 13.2 Å². The molecule has 3 aromatic rings. The number of hydrogen-bond acceptors (Lipinski definition) is 8. The second kappa shape index (κ2) is 8.78. The van der Waals surface area contributed by atoms with Crippen molar-refractivity contribution in [1.82, 2.24) is 30.0 Å². The lowest BCUT2D eigenvalue weighted by atomic mass is 10.1. The molecule has 1 saturated carbocycles. The van der Waals surface area contributed by atoms with Crippen LogP contribution in [0.1, 0.15) is 65.0 Å². The highest BCUT2D eigenvalue weighted by atomic mass is 19.4. The maximum atomic E-state index is 12.8. The normalized spacial score (nSPS) is 14.1. The summed E-state index contributed by atoms with van der Waals surface area (Å²) in [7, 11) is 0. The van der Waals surface area contributed by atoms with Gasteiger partial charge in [0.25, 0.3) is 5.91 Å². The summed E-state index contributed by atoms with van der Waals surface area (Å²) in [6, 6.07) is 7.20. The molecule has 0 spiro atoms. The lowest BCUT2D eigenvalue weighted by molar-refractivity contribution is -0.274. The van der Waals surface area contributed by atoms with Gasteiger partial charge in [0.2, 0.25) is 0 Å². The van der Waals surface area contributed by atoms with Gasteiger partial charge in [0.05, 0.1) is 17.7 Å². The Bertz CT molecular complexity index is 1340. The van der Waals surface area contributed by atoms with Crippen LogP contribution in [-0.2, 0) is 0 Å². The number of rotatable bonds is 6. The van der Waals surface area contributed by atoms with Crippen LogP contribution in [0.15, 0.2) is 30.6 Å². The minimum atomic E-state index is -4.98. The van der Waals surface area contributed by atoms with Gasteiger partial charge in [-0.05, 0) is 38.0 Å². The third kappa shape index (κ3) is 5.10. The molecule has 1 aliphatic rings. The highest BCUT2D eigenvalue weighted by Crippen LogP contribution is 2.38. The number of carbonyl (C=O) groups is 1. The van der Waals surface area contributed by atoms with Crippen LogP contribution in [0.2, 0.25) is 0 Å². The third-order valence-electron chi connectivity index (χ3n) is 4.84. The number of hydrogen-bond donors (Lipinski definition) is 1. The topological polar surface area (TPSA) is 142 Å². The average Bonchev–Trinajstić information content (AvgIpc) is 3.55. The number of amides is 1. The molecule has 0 saturated heterocycles. The molecule has 1 atom stereocenters. The Morgan fingerprint density at radius 3 is 2.62 bits per heavy atom. The van der Waals surface area contributed by atoms with E-state index < -0.39 is 24.1 Å². The maximum Gasteiger partial charge on any atom is 0.573 e. The van der Waals surface area contributed by atoms with Crippen molar-refractivity contribution in [3.8, 4) is 23.7 Å². The van der Waals surface area contributed by atoms with Crippen LogP contribution >= 0.6 is 0 Å². The zero-order valence-corrected chi connectivity index (χ0v) is 17.5. The van der Waals surface area contributed by atoms with Gasteiger partial charge in [-0.2, -0.15) is 15.2 Å². The van der Waals surface area contributed by atoms with Crippen molar-refractivity contribution in [3.63, 3.8) is 0 Å². The van der Waals surface area contributed by atoms with Gasteiger partial charge in [-0.25, -0.2) is 15.0 Å². The highest BCUT2D eigenvalue weighted by molar-refractivity contribution is 5.95. The average molecular weight is 468 g/mol. The van der Waals surface area contributed by atoms with E-state index in [0.29, 0.717) is 11.6 Å². The van der Waals surface area contributed by atoms with Gasteiger partial charge in [-0.3, -0.25) is 4.79 Å². The molecule has 1 aromatic carbocycles. The quantitative estimate of drug-likeness (QED) is 0.582. The SMILES string of the molecule is C[C@H](NC(=O)c1cc(C#N)cc(OC(F)(F)F)c1)c1nc(C2CC2)nn1-c1cc(C#N)ncn1. The molecule has 1 fully saturated rings. The molecule has 4 rings (SSSR count). The Labute approximate surface area is 190 Å². The first-order chi connectivity index (χ1) is 16.2. The molecule has 0 aliphatic heterocycles. The number of halogens is 3. The van der Waals surface area contributed by atoms with Gasteiger partial charge >= 0.3 is 6.36 Å². The monoisotopic (exact) mass is 468 g/mol. The molecule has 0 unspecified atom stereocenters.